The molecule has 0 saturated carbocycles. The van der Waals surface area contributed by atoms with Crippen LogP contribution in [-0.2, 0) is 12.8 Å². The molecule has 2 aromatic carbocycles. The number of fused-ring (bicyclic) bond motifs is 1. The molecule has 1 atom stereocenters. The summed E-state index contributed by atoms with van der Waals surface area (Å²) in [6.45, 7) is 0.741. The van der Waals surface area contributed by atoms with Gasteiger partial charge in [0, 0.05) is 19.3 Å². The molecule has 21 heavy (non-hydrogen) atoms. The summed E-state index contributed by atoms with van der Waals surface area (Å²) in [5.74, 6) is 0.285. The van der Waals surface area contributed by atoms with Crippen molar-refractivity contribution < 1.29 is 5.11 Å². The van der Waals surface area contributed by atoms with Gasteiger partial charge in [0.05, 0.1) is 5.38 Å². The molecule has 0 aliphatic heterocycles. The largest absolute Gasteiger partial charge is 0.508 e. The van der Waals surface area contributed by atoms with Crippen molar-refractivity contribution in [3.63, 3.8) is 0 Å². The van der Waals surface area contributed by atoms with Gasteiger partial charge < -0.3 is 10.0 Å². The van der Waals surface area contributed by atoms with Crippen LogP contribution in [0.1, 0.15) is 28.5 Å². The second-order valence-corrected chi connectivity index (χ2v) is 6.27. The fraction of sp³-hybridized carbons (Fsp3) is 0.333. The van der Waals surface area contributed by atoms with Gasteiger partial charge >= 0.3 is 0 Å². The molecule has 1 aliphatic rings. The van der Waals surface area contributed by atoms with Gasteiger partial charge in [0.2, 0.25) is 0 Å². The quantitative estimate of drug-likeness (QED) is 0.851. The first-order valence-corrected chi connectivity index (χ1v) is 7.83. The Morgan fingerprint density at radius 3 is 2.57 bits per heavy atom. The van der Waals surface area contributed by atoms with Crippen molar-refractivity contribution in [1.29, 1.82) is 0 Å². The maximum absolute atomic E-state index is 9.34. The van der Waals surface area contributed by atoms with Gasteiger partial charge in [-0.3, -0.25) is 0 Å². The van der Waals surface area contributed by atoms with Crippen LogP contribution in [0.4, 0.5) is 5.69 Å². The summed E-state index contributed by atoms with van der Waals surface area (Å²) in [7, 11) is 2.02. The SMILES string of the molecule is CN(CC(Cl)c1ccc2c(c1)CCC2)c1ccc(O)cc1. The normalized spacial score (nSPS) is 14.8. The molecule has 0 aromatic heterocycles. The van der Waals surface area contributed by atoms with E-state index in [0.29, 0.717) is 0 Å². The van der Waals surface area contributed by atoms with Crippen molar-refractivity contribution in [3.8, 4) is 5.75 Å². The number of halogens is 1. The van der Waals surface area contributed by atoms with Gasteiger partial charge in [-0.2, -0.15) is 0 Å². The molecular weight excluding hydrogens is 282 g/mol. The van der Waals surface area contributed by atoms with E-state index in [-0.39, 0.29) is 11.1 Å². The number of aromatic hydroxyl groups is 1. The van der Waals surface area contributed by atoms with Crippen molar-refractivity contribution in [2.45, 2.75) is 24.6 Å². The first kappa shape index (κ1) is 14.3. The smallest absolute Gasteiger partial charge is 0.115 e. The maximum atomic E-state index is 9.34. The van der Waals surface area contributed by atoms with Crippen molar-refractivity contribution >= 4 is 17.3 Å². The average Bonchev–Trinajstić information content (AvgIpc) is 2.95. The molecule has 3 heteroatoms. The fourth-order valence-electron chi connectivity index (χ4n) is 2.94. The van der Waals surface area contributed by atoms with E-state index in [9.17, 15) is 5.11 Å². The molecule has 1 N–H and O–H groups in total. The van der Waals surface area contributed by atoms with Crippen LogP contribution in [0.15, 0.2) is 42.5 Å². The van der Waals surface area contributed by atoms with Crippen LogP contribution in [0.2, 0.25) is 0 Å². The molecular formula is C18H20ClNO. The Hall–Kier alpha value is -1.67. The van der Waals surface area contributed by atoms with Crippen LogP contribution < -0.4 is 4.90 Å². The minimum absolute atomic E-state index is 0.0327. The Labute approximate surface area is 131 Å². The van der Waals surface area contributed by atoms with E-state index in [4.69, 9.17) is 11.6 Å². The number of nitrogens with zero attached hydrogens (tertiary/aromatic N) is 1. The van der Waals surface area contributed by atoms with Crippen molar-refractivity contribution in [2.24, 2.45) is 0 Å². The Balaban J connectivity index is 1.70. The van der Waals surface area contributed by atoms with Crippen molar-refractivity contribution in [1.82, 2.24) is 0 Å². The van der Waals surface area contributed by atoms with Gasteiger partial charge in [0.25, 0.3) is 0 Å². The number of aryl methyl sites for hydroxylation is 2. The third-order valence-electron chi connectivity index (χ3n) is 4.21. The summed E-state index contributed by atoms with van der Waals surface area (Å²) in [6, 6.07) is 13.9. The maximum Gasteiger partial charge on any atom is 0.115 e. The highest BCUT2D eigenvalue weighted by Crippen LogP contribution is 2.29. The first-order chi connectivity index (χ1) is 10.1. The average molecular weight is 302 g/mol. The summed E-state index contributed by atoms with van der Waals surface area (Å²) in [5, 5.41) is 9.31. The Morgan fingerprint density at radius 1 is 1.10 bits per heavy atom. The molecule has 0 spiro atoms. The fourth-order valence-corrected chi connectivity index (χ4v) is 3.29. The summed E-state index contributed by atoms with van der Waals surface area (Å²) >= 11 is 6.59. The minimum Gasteiger partial charge on any atom is -0.508 e. The van der Waals surface area contributed by atoms with E-state index >= 15 is 0 Å². The van der Waals surface area contributed by atoms with Crippen LogP contribution in [0.5, 0.6) is 5.75 Å². The molecule has 1 unspecified atom stereocenters. The highest BCUT2D eigenvalue weighted by atomic mass is 35.5. The Bertz CT molecular complexity index is 624. The number of hydrogen-bond acceptors (Lipinski definition) is 2. The Kier molecular flexibility index (Phi) is 4.07. The van der Waals surface area contributed by atoms with Crippen LogP contribution in [0.3, 0.4) is 0 Å². The molecule has 2 nitrogen and oxygen atoms in total. The van der Waals surface area contributed by atoms with Gasteiger partial charge in [-0.1, -0.05) is 18.2 Å². The van der Waals surface area contributed by atoms with E-state index in [1.165, 1.54) is 36.0 Å². The lowest BCUT2D eigenvalue weighted by Gasteiger charge is -2.23. The summed E-state index contributed by atoms with van der Waals surface area (Å²) in [5.41, 5.74) is 5.20. The standard InChI is InChI=1S/C18H20ClNO/c1-20(16-7-9-17(21)10-8-16)12-18(19)15-6-5-13-3-2-4-14(13)11-15/h5-11,18,21H,2-4,12H2,1H3. The second-order valence-electron chi connectivity index (χ2n) is 5.75. The zero-order valence-electron chi connectivity index (χ0n) is 12.2. The number of phenolic OH excluding ortho intramolecular Hbond substituents is 1. The van der Waals surface area contributed by atoms with Gasteiger partial charge in [-0.05, 0) is 60.2 Å². The predicted molar refractivity (Wildman–Crippen MR) is 88.4 cm³/mol. The molecule has 3 rings (SSSR count). The van der Waals surface area contributed by atoms with Crippen LogP contribution in [0, 0.1) is 0 Å². The summed E-state index contributed by atoms with van der Waals surface area (Å²) < 4.78 is 0. The van der Waals surface area contributed by atoms with Crippen LogP contribution >= 0.6 is 11.6 Å². The zero-order valence-corrected chi connectivity index (χ0v) is 13.0. The van der Waals surface area contributed by atoms with E-state index in [0.717, 1.165) is 12.2 Å². The highest BCUT2D eigenvalue weighted by Gasteiger charge is 2.16. The number of phenols is 1. The minimum atomic E-state index is -0.0327. The van der Waals surface area contributed by atoms with Gasteiger partial charge in [0.1, 0.15) is 5.75 Å². The molecule has 110 valence electrons. The molecule has 0 radical (unpaired) electrons. The zero-order chi connectivity index (χ0) is 14.8. The van der Waals surface area contributed by atoms with Gasteiger partial charge in [-0.15, -0.1) is 11.6 Å². The number of benzene rings is 2. The molecule has 1 aliphatic carbocycles. The van der Waals surface area contributed by atoms with Crippen molar-refractivity contribution in [3.05, 3.63) is 59.2 Å². The van der Waals surface area contributed by atoms with Crippen LogP contribution in [0.25, 0.3) is 0 Å². The monoisotopic (exact) mass is 301 g/mol. The topological polar surface area (TPSA) is 23.5 Å². The molecule has 0 bridgehead atoms. The van der Waals surface area contributed by atoms with Gasteiger partial charge in [0.15, 0.2) is 0 Å². The van der Waals surface area contributed by atoms with Crippen molar-refractivity contribution in [2.75, 3.05) is 18.5 Å². The van der Waals surface area contributed by atoms with E-state index in [1.54, 1.807) is 12.1 Å². The number of alkyl halides is 1. The molecule has 0 amide bonds. The number of hydrogen-bond donors (Lipinski definition) is 1. The number of anilines is 1. The second kappa shape index (κ2) is 5.98. The molecule has 0 fully saturated rings. The van der Waals surface area contributed by atoms with Crippen LogP contribution in [-0.4, -0.2) is 18.7 Å². The summed E-state index contributed by atoms with van der Waals surface area (Å²) in [4.78, 5) is 2.12. The molecule has 2 aromatic rings. The third-order valence-corrected chi connectivity index (χ3v) is 4.60. The van der Waals surface area contributed by atoms with E-state index < -0.39 is 0 Å². The highest BCUT2D eigenvalue weighted by molar-refractivity contribution is 6.21. The lowest BCUT2D eigenvalue weighted by molar-refractivity contribution is 0.475. The summed E-state index contributed by atoms with van der Waals surface area (Å²) in [6.07, 6.45) is 3.65. The number of rotatable bonds is 4. The van der Waals surface area contributed by atoms with Gasteiger partial charge in [-0.25, -0.2) is 0 Å². The lowest BCUT2D eigenvalue weighted by Crippen LogP contribution is -2.21. The molecule has 0 saturated heterocycles. The third kappa shape index (κ3) is 3.16. The van der Waals surface area contributed by atoms with E-state index in [2.05, 4.69) is 23.1 Å². The Morgan fingerprint density at radius 2 is 1.81 bits per heavy atom. The first-order valence-electron chi connectivity index (χ1n) is 7.39. The van der Waals surface area contributed by atoms with E-state index in [1.807, 2.05) is 19.2 Å². The lowest BCUT2D eigenvalue weighted by atomic mass is 10.0. The molecule has 0 heterocycles. The number of likely N-dealkylation sites (N-methyl/N-ethyl adjacent to an activating group) is 1. The predicted octanol–water partition coefficient (Wildman–Crippen LogP) is 4.30.